The van der Waals surface area contributed by atoms with E-state index in [9.17, 15) is 8.42 Å². The van der Waals surface area contributed by atoms with E-state index in [1.165, 1.54) is 6.07 Å². The molecule has 0 aliphatic carbocycles. The van der Waals surface area contributed by atoms with Crippen molar-refractivity contribution >= 4 is 27.5 Å². The molecule has 0 atom stereocenters. The number of rotatable bonds is 6. The van der Waals surface area contributed by atoms with Crippen molar-refractivity contribution in [3.05, 3.63) is 23.8 Å². The minimum absolute atomic E-state index is 0.137. The Labute approximate surface area is 120 Å². The van der Waals surface area contributed by atoms with E-state index in [4.69, 9.17) is 5.73 Å². The second kappa shape index (κ2) is 6.15. The van der Waals surface area contributed by atoms with Gasteiger partial charge in [-0.3, -0.25) is 0 Å². The molecule has 0 amide bonds. The number of anilines is 1. The zero-order valence-electron chi connectivity index (χ0n) is 11.9. The average molecular weight is 302 g/mol. The Morgan fingerprint density at radius 1 is 1.37 bits per heavy atom. The van der Waals surface area contributed by atoms with Crippen molar-refractivity contribution in [2.24, 2.45) is 0 Å². The fraction of sp³-hybridized carbons (Fsp3) is 0.538. The molecule has 0 unspecified atom stereocenters. The molecule has 0 spiro atoms. The van der Waals surface area contributed by atoms with Crippen LogP contribution in [0.25, 0.3) is 0 Å². The van der Waals surface area contributed by atoms with Crippen molar-refractivity contribution in [2.75, 3.05) is 18.5 Å². The van der Waals surface area contributed by atoms with Gasteiger partial charge in [-0.05, 0) is 44.2 Å². The second-order valence-corrected chi connectivity index (χ2v) is 8.28. The van der Waals surface area contributed by atoms with Gasteiger partial charge in [0.1, 0.15) is 0 Å². The summed E-state index contributed by atoms with van der Waals surface area (Å²) in [5, 5.41) is 0. The van der Waals surface area contributed by atoms with E-state index in [1.807, 2.05) is 27.0 Å². The first kappa shape index (κ1) is 16.3. The summed E-state index contributed by atoms with van der Waals surface area (Å²) in [6, 6.07) is 4.89. The minimum atomic E-state index is -3.49. The van der Waals surface area contributed by atoms with Crippen molar-refractivity contribution < 1.29 is 8.42 Å². The number of hydrogen-bond acceptors (Lipinski definition) is 4. The van der Waals surface area contributed by atoms with Gasteiger partial charge in [0.25, 0.3) is 0 Å². The second-order valence-electron chi connectivity index (χ2n) is 5.00. The van der Waals surface area contributed by atoms with Crippen molar-refractivity contribution in [1.29, 1.82) is 0 Å². The minimum Gasteiger partial charge on any atom is -0.398 e. The summed E-state index contributed by atoms with van der Waals surface area (Å²) in [5.41, 5.74) is 7.32. The van der Waals surface area contributed by atoms with E-state index >= 15 is 0 Å². The molecule has 0 fully saturated rings. The summed E-state index contributed by atoms with van der Waals surface area (Å²) in [5.74, 6) is 0. The van der Waals surface area contributed by atoms with Crippen LogP contribution < -0.4 is 10.5 Å². The summed E-state index contributed by atoms with van der Waals surface area (Å²) < 4.78 is 26.8. The molecule has 0 aromatic heterocycles. The van der Waals surface area contributed by atoms with E-state index in [1.54, 1.807) is 23.9 Å². The first-order valence-corrected chi connectivity index (χ1v) is 8.86. The molecule has 0 aliphatic heterocycles. The van der Waals surface area contributed by atoms with Gasteiger partial charge >= 0.3 is 0 Å². The molecular weight excluding hydrogens is 280 g/mol. The molecule has 19 heavy (non-hydrogen) atoms. The van der Waals surface area contributed by atoms with Crippen LogP contribution in [0.1, 0.15) is 26.3 Å². The monoisotopic (exact) mass is 302 g/mol. The normalized spacial score (nSPS) is 12.6. The Balaban J connectivity index is 2.92. The number of nitrogen functional groups attached to an aromatic ring is 1. The van der Waals surface area contributed by atoms with Crippen LogP contribution >= 0.6 is 11.8 Å². The van der Waals surface area contributed by atoms with Crippen molar-refractivity contribution in [3.8, 4) is 0 Å². The fourth-order valence-electron chi connectivity index (χ4n) is 1.49. The Morgan fingerprint density at radius 2 is 2.00 bits per heavy atom. The molecule has 1 rings (SSSR count). The van der Waals surface area contributed by atoms with Gasteiger partial charge in [-0.2, -0.15) is 11.8 Å². The molecular formula is C13H22N2O2S2. The van der Waals surface area contributed by atoms with Gasteiger partial charge in [0, 0.05) is 17.0 Å². The Hall–Kier alpha value is -0.720. The van der Waals surface area contributed by atoms with E-state index < -0.39 is 10.0 Å². The van der Waals surface area contributed by atoms with Crippen molar-refractivity contribution in [1.82, 2.24) is 4.72 Å². The zero-order chi connectivity index (χ0) is 14.7. The van der Waals surface area contributed by atoms with Gasteiger partial charge in [0.2, 0.25) is 10.0 Å². The standard InChI is InChI=1S/C13H22N2O2S2/c1-5-10-6-7-11(8-12(10)14)19(16,17)15-9-13(2,3)18-4/h6-8,15H,5,9,14H2,1-4H3. The summed E-state index contributed by atoms with van der Waals surface area (Å²) in [6.07, 6.45) is 2.75. The summed E-state index contributed by atoms with van der Waals surface area (Å²) >= 11 is 1.62. The van der Waals surface area contributed by atoms with Crippen LogP contribution in [0.15, 0.2) is 23.1 Å². The van der Waals surface area contributed by atoms with Crippen LogP contribution in [0.4, 0.5) is 5.69 Å². The molecule has 0 heterocycles. The van der Waals surface area contributed by atoms with Crippen LogP contribution in [0.5, 0.6) is 0 Å². The first-order chi connectivity index (χ1) is 8.72. The SMILES string of the molecule is CCc1ccc(S(=O)(=O)NCC(C)(C)SC)cc1N. The average Bonchev–Trinajstić information content (AvgIpc) is 2.36. The third-order valence-corrected chi connectivity index (χ3v) is 5.70. The lowest BCUT2D eigenvalue weighted by Gasteiger charge is -2.22. The van der Waals surface area contributed by atoms with Crippen LogP contribution in [0.3, 0.4) is 0 Å². The highest BCUT2D eigenvalue weighted by molar-refractivity contribution is 8.00. The molecule has 108 valence electrons. The molecule has 0 saturated heterocycles. The van der Waals surface area contributed by atoms with Crippen LogP contribution in [0, 0.1) is 0 Å². The largest absolute Gasteiger partial charge is 0.398 e. The van der Waals surface area contributed by atoms with Gasteiger partial charge in [-0.1, -0.05) is 13.0 Å². The maximum atomic E-state index is 12.2. The maximum absolute atomic E-state index is 12.2. The van der Waals surface area contributed by atoms with Gasteiger partial charge in [-0.25, -0.2) is 13.1 Å². The molecule has 3 N–H and O–H groups in total. The van der Waals surface area contributed by atoms with Crippen molar-refractivity contribution in [3.63, 3.8) is 0 Å². The number of sulfonamides is 1. The lowest BCUT2D eigenvalue weighted by Crippen LogP contribution is -2.36. The number of nitrogens with one attached hydrogen (secondary N) is 1. The number of benzene rings is 1. The van der Waals surface area contributed by atoms with Gasteiger partial charge in [-0.15, -0.1) is 0 Å². The van der Waals surface area contributed by atoms with Crippen LogP contribution in [0.2, 0.25) is 0 Å². The molecule has 4 nitrogen and oxygen atoms in total. The highest BCUT2D eigenvalue weighted by atomic mass is 32.2. The number of hydrogen-bond donors (Lipinski definition) is 2. The van der Waals surface area contributed by atoms with Crippen LogP contribution in [-0.4, -0.2) is 26.0 Å². The quantitative estimate of drug-likeness (QED) is 0.791. The molecule has 6 heteroatoms. The molecule has 0 bridgehead atoms. The first-order valence-electron chi connectivity index (χ1n) is 6.15. The lowest BCUT2D eigenvalue weighted by atomic mass is 10.1. The fourth-order valence-corrected chi connectivity index (χ4v) is 3.04. The maximum Gasteiger partial charge on any atom is 0.240 e. The molecule has 0 radical (unpaired) electrons. The molecule has 0 saturated carbocycles. The highest BCUT2D eigenvalue weighted by Crippen LogP contribution is 2.22. The van der Waals surface area contributed by atoms with Gasteiger partial charge in [0.15, 0.2) is 0 Å². The van der Waals surface area contributed by atoms with Gasteiger partial charge in [0.05, 0.1) is 4.90 Å². The van der Waals surface area contributed by atoms with E-state index in [2.05, 4.69) is 4.72 Å². The van der Waals surface area contributed by atoms with Gasteiger partial charge < -0.3 is 5.73 Å². The number of nitrogens with two attached hydrogens (primary N) is 1. The lowest BCUT2D eigenvalue weighted by molar-refractivity contribution is 0.571. The van der Waals surface area contributed by atoms with E-state index in [0.717, 1.165) is 12.0 Å². The predicted molar refractivity (Wildman–Crippen MR) is 83.0 cm³/mol. The molecule has 1 aromatic carbocycles. The number of aryl methyl sites for hydroxylation is 1. The molecule has 1 aromatic rings. The predicted octanol–water partition coefficient (Wildman–Crippen LogP) is 2.25. The smallest absolute Gasteiger partial charge is 0.240 e. The summed E-state index contributed by atoms with van der Waals surface area (Å²) in [6.45, 7) is 6.36. The third kappa shape index (κ3) is 4.40. The summed E-state index contributed by atoms with van der Waals surface area (Å²) in [4.78, 5) is 0.221. The Kier molecular flexibility index (Phi) is 5.29. The zero-order valence-corrected chi connectivity index (χ0v) is 13.5. The Bertz CT molecular complexity index is 540. The summed E-state index contributed by atoms with van der Waals surface area (Å²) in [7, 11) is -3.49. The van der Waals surface area contributed by atoms with E-state index in [0.29, 0.717) is 12.2 Å². The highest BCUT2D eigenvalue weighted by Gasteiger charge is 2.21. The van der Waals surface area contributed by atoms with Crippen molar-refractivity contribution in [2.45, 2.75) is 36.8 Å². The van der Waals surface area contributed by atoms with Crippen LogP contribution in [-0.2, 0) is 16.4 Å². The topological polar surface area (TPSA) is 72.2 Å². The third-order valence-electron chi connectivity index (χ3n) is 3.05. The molecule has 0 aliphatic rings. The number of thioether (sulfide) groups is 1. The Morgan fingerprint density at radius 3 is 2.47 bits per heavy atom. The van der Waals surface area contributed by atoms with E-state index in [-0.39, 0.29) is 9.64 Å².